The molecular weight excluding hydrogens is 749 g/mol. The molecule has 4 aromatic carbocycles. The Labute approximate surface area is 382 Å². The number of nitrogens with two attached hydrogens (primary N) is 2. The molecule has 342 valence electrons. The number of hydrogen-bond acceptors (Lipinski definition) is 2. The molecule has 0 saturated carbocycles. The number of benzene rings is 4. The Morgan fingerprint density at radius 2 is 0.500 bits per heavy atom. The van der Waals surface area contributed by atoms with Gasteiger partial charge in [-0.15, -0.1) is 0 Å². The Morgan fingerprint density at radius 3 is 0.774 bits per heavy atom. The lowest BCUT2D eigenvalue weighted by atomic mass is 9.86. The van der Waals surface area contributed by atoms with E-state index >= 15 is 0 Å². The van der Waals surface area contributed by atoms with Crippen molar-refractivity contribution >= 4 is 11.4 Å². The summed E-state index contributed by atoms with van der Waals surface area (Å²) < 4.78 is 0. The van der Waals surface area contributed by atoms with Crippen LogP contribution in [0.5, 0.6) is 0 Å². The molecule has 4 N–H and O–H groups in total. The Hall–Kier alpha value is -3.52. The number of anilines is 2. The lowest BCUT2D eigenvalue weighted by Crippen LogP contribution is -2.02. The third-order valence-corrected chi connectivity index (χ3v) is 13.8. The molecule has 2 atom stereocenters. The van der Waals surface area contributed by atoms with Gasteiger partial charge in [0.2, 0.25) is 0 Å². The maximum absolute atomic E-state index is 6.06. The van der Waals surface area contributed by atoms with Gasteiger partial charge in [-0.25, -0.2) is 0 Å². The van der Waals surface area contributed by atoms with Gasteiger partial charge in [-0.2, -0.15) is 0 Å². The van der Waals surface area contributed by atoms with Crippen molar-refractivity contribution in [3.63, 3.8) is 0 Å². The Morgan fingerprint density at radius 1 is 0.274 bits per heavy atom. The minimum absolute atomic E-state index is 0.464. The first-order valence-electron chi connectivity index (χ1n) is 26.5. The van der Waals surface area contributed by atoms with Crippen LogP contribution in [0.3, 0.4) is 0 Å². The van der Waals surface area contributed by atoms with Gasteiger partial charge in [-0.3, -0.25) is 0 Å². The van der Waals surface area contributed by atoms with Gasteiger partial charge >= 0.3 is 0 Å². The molecule has 0 heterocycles. The van der Waals surface area contributed by atoms with Gasteiger partial charge in [0.15, 0.2) is 0 Å². The highest BCUT2D eigenvalue weighted by Gasteiger charge is 2.16. The van der Waals surface area contributed by atoms with Crippen molar-refractivity contribution in [1.29, 1.82) is 0 Å². The summed E-state index contributed by atoms with van der Waals surface area (Å²) in [6, 6.07) is 36.6. The Bertz CT molecular complexity index is 1500. The molecule has 2 unspecified atom stereocenters. The third-order valence-electron chi connectivity index (χ3n) is 13.8. The zero-order valence-electron chi connectivity index (χ0n) is 40.2. The van der Waals surface area contributed by atoms with Crippen LogP contribution >= 0.6 is 0 Å². The highest BCUT2D eigenvalue weighted by atomic mass is 14.5. The molecule has 0 aliphatic heterocycles. The van der Waals surface area contributed by atoms with E-state index < -0.39 is 0 Å². The largest absolute Gasteiger partial charge is 0.399 e. The van der Waals surface area contributed by atoms with Crippen LogP contribution in [0.15, 0.2) is 97.1 Å². The van der Waals surface area contributed by atoms with Gasteiger partial charge < -0.3 is 11.5 Å². The molecule has 0 aromatic heterocycles. The van der Waals surface area contributed by atoms with Crippen molar-refractivity contribution in [2.75, 3.05) is 11.5 Å². The first kappa shape index (κ1) is 51.1. The molecule has 0 bridgehead atoms. The minimum atomic E-state index is 0.464. The van der Waals surface area contributed by atoms with Crippen LogP contribution in [-0.2, 0) is 12.8 Å². The van der Waals surface area contributed by atoms with E-state index in [1.807, 2.05) is 0 Å². The van der Waals surface area contributed by atoms with E-state index in [9.17, 15) is 0 Å². The van der Waals surface area contributed by atoms with Gasteiger partial charge in [0.05, 0.1) is 0 Å². The summed E-state index contributed by atoms with van der Waals surface area (Å²) in [5.41, 5.74) is 22.6. The number of aryl methyl sites for hydroxylation is 2. The van der Waals surface area contributed by atoms with E-state index in [2.05, 4.69) is 111 Å². The second-order valence-corrected chi connectivity index (χ2v) is 19.2. The predicted molar refractivity (Wildman–Crippen MR) is 276 cm³/mol. The maximum Gasteiger partial charge on any atom is 0.0314 e. The predicted octanol–water partition coefficient (Wildman–Crippen LogP) is 18.6. The molecule has 0 spiro atoms. The van der Waals surface area contributed by atoms with Crippen LogP contribution in [0.25, 0.3) is 0 Å². The van der Waals surface area contributed by atoms with Crippen molar-refractivity contribution < 1.29 is 0 Å². The van der Waals surface area contributed by atoms with Crippen LogP contribution in [0.1, 0.15) is 252 Å². The van der Waals surface area contributed by atoms with E-state index in [1.54, 1.807) is 0 Å². The van der Waals surface area contributed by atoms with Gasteiger partial charge in [0.25, 0.3) is 0 Å². The van der Waals surface area contributed by atoms with E-state index in [0.717, 1.165) is 11.4 Å². The summed E-state index contributed by atoms with van der Waals surface area (Å²) in [6.45, 7) is 4.60. The van der Waals surface area contributed by atoms with Gasteiger partial charge in [0.1, 0.15) is 0 Å². The van der Waals surface area contributed by atoms with Crippen molar-refractivity contribution in [1.82, 2.24) is 0 Å². The average Bonchev–Trinajstić information content (AvgIpc) is 3.29. The quantitative estimate of drug-likeness (QED) is 0.0351. The lowest BCUT2D eigenvalue weighted by Gasteiger charge is -2.19. The number of rotatable bonds is 37. The van der Waals surface area contributed by atoms with Crippen molar-refractivity contribution in [2.24, 2.45) is 0 Å². The summed E-state index contributed by atoms with van der Waals surface area (Å²) in [4.78, 5) is 0. The molecule has 62 heavy (non-hydrogen) atoms. The normalized spacial score (nSPS) is 12.5. The second-order valence-electron chi connectivity index (χ2n) is 19.2. The fraction of sp³-hybridized carbons (Fsp3) is 0.600. The third kappa shape index (κ3) is 21.7. The summed E-state index contributed by atoms with van der Waals surface area (Å²) in [6.07, 6.45) is 43.3. The fourth-order valence-corrected chi connectivity index (χ4v) is 9.73. The van der Waals surface area contributed by atoms with Gasteiger partial charge in [-0.1, -0.05) is 254 Å². The molecule has 4 aromatic rings. The highest BCUT2D eigenvalue weighted by Crippen LogP contribution is 2.33. The molecule has 4 rings (SSSR count). The molecule has 0 aliphatic rings. The zero-order chi connectivity index (χ0) is 43.7. The maximum atomic E-state index is 6.06. The van der Waals surface area contributed by atoms with Gasteiger partial charge in [0, 0.05) is 23.2 Å². The summed E-state index contributed by atoms with van der Waals surface area (Å²) >= 11 is 0. The van der Waals surface area contributed by atoms with Crippen molar-refractivity contribution in [2.45, 2.75) is 231 Å². The van der Waals surface area contributed by atoms with E-state index in [1.165, 1.54) is 239 Å². The van der Waals surface area contributed by atoms with Crippen LogP contribution in [0, 0.1) is 0 Å². The standard InChI is InChI=1S/C60H92N2/c1-3-5-7-9-11-15-21-25-29-33-59(55-43-47-57(61)48-44-55)53-39-35-51(36-40-53)31-27-23-19-17-13-14-18-20-24-28-32-52-37-41-54(42-38-52)60(56-45-49-58(62)50-46-56)34-30-26-22-16-12-10-8-6-4-2/h35-50,59-60H,3-34,61-62H2,1-2H3. The number of hydrogen-bond donors (Lipinski definition) is 2. The van der Waals surface area contributed by atoms with E-state index in [4.69, 9.17) is 11.5 Å². The first-order chi connectivity index (χ1) is 30.6. The van der Waals surface area contributed by atoms with E-state index in [-0.39, 0.29) is 0 Å². The summed E-state index contributed by atoms with van der Waals surface area (Å²) in [5.74, 6) is 0.927. The SMILES string of the molecule is CCCCCCCCCCCC(c1ccc(N)cc1)c1ccc(CCCCCCCCCCCCc2ccc(C(CCCCCCCCCCC)c3ccc(N)cc3)cc2)cc1. The average molecular weight is 841 g/mol. The van der Waals surface area contributed by atoms with Crippen molar-refractivity contribution in [3.05, 3.63) is 130 Å². The molecule has 0 radical (unpaired) electrons. The topological polar surface area (TPSA) is 52.0 Å². The number of nitrogen functional groups attached to an aromatic ring is 2. The molecule has 0 saturated heterocycles. The van der Waals surface area contributed by atoms with Crippen LogP contribution in [0.2, 0.25) is 0 Å². The van der Waals surface area contributed by atoms with Crippen LogP contribution in [-0.4, -0.2) is 0 Å². The summed E-state index contributed by atoms with van der Waals surface area (Å²) in [5, 5.41) is 0. The molecule has 2 heteroatoms. The summed E-state index contributed by atoms with van der Waals surface area (Å²) in [7, 11) is 0. The van der Waals surface area contributed by atoms with Crippen LogP contribution in [0.4, 0.5) is 11.4 Å². The minimum Gasteiger partial charge on any atom is -0.399 e. The molecule has 0 aliphatic carbocycles. The lowest BCUT2D eigenvalue weighted by molar-refractivity contribution is 0.545. The first-order valence-corrected chi connectivity index (χ1v) is 26.5. The molecule has 0 fully saturated rings. The Balaban J connectivity index is 1.04. The zero-order valence-corrected chi connectivity index (χ0v) is 40.2. The highest BCUT2D eigenvalue weighted by molar-refractivity contribution is 5.44. The van der Waals surface area contributed by atoms with Gasteiger partial charge in [-0.05, 0) is 96.2 Å². The molecule has 0 amide bonds. The fourth-order valence-electron chi connectivity index (χ4n) is 9.73. The second kappa shape index (κ2) is 33.1. The Kier molecular flexibility index (Phi) is 27.3. The monoisotopic (exact) mass is 841 g/mol. The molecular formula is C60H92N2. The van der Waals surface area contributed by atoms with E-state index in [0.29, 0.717) is 11.8 Å². The number of unbranched alkanes of at least 4 members (excludes halogenated alkanes) is 25. The van der Waals surface area contributed by atoms with Crippen LogP contribution < -0.4 is 11.5 Å². The van der Waals surface area contributed by atoms with Crippen molar-refractivity contribution in [3.8, 4) is 0 Å². The smallest absolute Gasteiger partial charge is 0.0314 e. The molecule has 2 nitrogen and oxygen atoms in total.